The van der Waals surface area contributed by atoms with E-state index in [2.05, 4.69) is 26.3 Å². The third-order valence-electron chi connectivity index (χ3n) is 4.15. The number of rotatable bonds is 6. The van der Waals surface area contributed by atoms with E-state index in [1.807, 2.05) is 0 Å². The van der Waals surface area contributed by atoms with Crippen LogP contribution in [0.2, 0.25) is 0 Å². The summed E-state index contributed by atoms with van der Waals surface area (Å²) in [6.07, 6.45) is -4.82. The zero-order valence-corrected chi connectivity index (χ0v) is 14.8. The first kappa shape index (κ1) is 18.3. The van der Waals surface area contributed by atoms with Crippen LogP contribution < -0.4 is 0 Å². The third-order valence-corrected chi connectivity index (χ3v) is 4.15. The van der Waals surface area contributed by atoms with Crippen molar-refractivity contribution in [1.29, 1.82) is 0 Å². The summed E-state index contributed by atoms with van der Waals surface area (Å²) < 4.78 is 51.1. The molecule has 0 saturated carbocycles. The van der Waals surface area contributed by atoms with Gasteiger partial charge in [0.1, 0.15) is 49.5 Å². The molecule has 4 aliphatic heterocycles. The highest BCUT2D eigenvalue weighted by molar-refractivity contribution is 4.97. The smallest absolute Gasteiger partial charge is 0.232 e. The maximum absolute atomic E-state index is 6.22. The Morgan fingerprint density at radius 2 is 0.815 bits per heavy atom. The molecule has 4 unspecified atom stereocenters. The van der Waals surface area contributed by atoms with Crippen molar-refractivity contribution >= 4 is 0 Å². The van der Waals surface area contributed by atoms with Crippen molar-refractivity contribution in [3.8, 4) is 0 Å². The molecule has 0 amide bonds. The maximum atomic E-state index is 6.22. The number of hydrogen-bond donors (Lipinski definition) is 0. The molecule has 0 radical (unpaired) electrons. The Hall–Kier alpha value is -2.04. The van der Waals surface area contributed by atoms with Crippen molar-refractivity contribution in [2.45, 2.75) is 37.4 Å². The van der Waals surface area contributed by atoms with E-state index in [0.29, 0.717) is 23.0 Å². The Labute approximate surface area is 156 Å². The summed E-state index contributed by atoms with van der Waals surface area (Å²) in [6.45, 7) is 16.0. The minimum absolute atomic E-state index is 0.239. The summed E-state index contributed by atoms with van der Waals surface area (Å²) in [5.74, 6) is 1.91. The minimum Gasteiger partial charge on any atom is -0.464 e. The van der Waals surface area contributed by atoms with Gasteiger partial charge in [-0.05, 0) is 0 Å². The van der Waals surface area contributed by atoms with Gasteiger partial charge in [-0.1, -0.05) is 26.3 Å². The normalized spacial score (nSPS) is 35.6. The fraction of sp³-hybridized carbons (Fsp3) is 0.556. The van der Waals surface area contributed by atoms with Gasteiger partial charge in [0.05, 0.1) is 0 Å². The Bertz CT molecular complexity index is 539. The Kier molecular flexibility index (Phi) is 5.11. The quantitative estimate of drug-likeness (QED) is 0.675. The van der Waals surface area contributed by atoms with Crippen molar-refractivity contribution in [3.05, 3.63) is 49.4 Å². The lowest BCUT2D eigenvalue weighted by atomic mass is 10.2. The van der Waals surface area contributed by atoms with Gasteiger partial charge in [-0.2, -0.15) is 0 Å². The van der Waals surface area contributed by atoms with Crippen molar-refractivity contribution in [2.75, 3.05) is 26.4 Å². The minimum atomic E-state index is -0.810. The lowest BCUT2D eigenvalue weighted by Crippen LogP contribution is -2.50. The molecule has 9 heteroatoms. The topological polar surface area (TPSA) is 83.1 Å². The van der Waals surface area contributed by atoms with E-state index in [9.17, 15) is 0 Å². The van der Waals surface area contributed by atoms with Crippen LogP contribution in [0.4, 0.5) is 0 Å². The molecule has 0 aliphatic carbocycles. The second-order valence-electron chi connectivity index (χ2n) is 6.41. The van der Waals surface area contributed by atoms with Crippen LogP contribution in [0.25, 0.3) is 0 Å². The molecule has 0 aromatic rings. The first-order chi connectivity index (χ1) is 13.0. The van der Waals surface area contributed by atoms with E-state index in [1.54, 1.807) is 0 Å². The molecule has 4 aliphatic rings. The molecule has 148 valence electrons. The molecule has 4 saturated heterocycles. The highest BCUT2D eigenvalue weighted by atomic mass is 16.8. The van der Waals surface area contributed by atoms with E-state index in [1.165, 1.54) is 0 Å². The molecule has 0 aromatic heterocycles. The van der Waals surface area contributed by atoms with Gasteiger partial charge in [-0.15, -0.1) is 0 Å². The molecule has 4 fully saturated rings. The van der Waals surface area contributed by atoms with E-state index < -0.39 is 37.4 Å². The highest BCUT2D eigenvalue weighted by Crippen LogP contribution is 2.32. The zero-order valence-electron chi connectivity index (χ0n) is 14.8. The van der Waals surface area contributed by atoms with Gasteiger partial charge in [0.15, 0.2) is 12.2 Å². The highest BCUT2D eigenvalue weighted by Gasteiger charge is 2.48. The van der Waals surface area contributed by atoms with Gasteiger partial charge in [-0.25, -0.2) is 0 Å². The van der Waals surface area contributed by atoms with Gasteiger partial charge in [0.2, 0.25) is 25.2 Å². The Morgan fingerprint density at radius 3 is 1.00 bits per heavy atom. The van der Waals surface area contributed by atoms with Crippen molar-refractivity contribution in [1.82, 2.24) is 0 Å². The summed E-state index contributed by atoms with van der Waals surface area (Å²) in [7, 11) is 0. The molecule has 0 aromatic carbocycles. The second kappa shape index (κ2) is 7.53. The van der Waals surface area contributed by atoms with Crippen LogP contribution in [-0.4, -0.2) is 63.8 Å². The van der Waals surface area contributed by atoms with Gasteiger partial charge in [-0.3, -0.25) is 0 Å². The summed E-state index contributed by atoms with van der Waals surface area (Å²) in [5, 5.41) is 0. The Balaban J connectivity index is 1.54. The summed E-state index contributed by atoms with van der Waals surface area (Å²) >= 11 is 0. The van der Waals surface area contributed by atoms with Crippen LogP contribution >= 0.6 is 0 Å². The number of ether oxygens (including phenoxy) is 9. The molecule has 9 nitrogen and oxygen atoms in total. The zero-order chi connectivity index (χ0) is 19.0. The van der Waals surface area contributed by atoms with Crippen molar-refractivity contribution in [3.63, 3.8) is 0 Å². The largest absolute Gasteiger partial charge is 0.464 e. The average Bonchev–Trinajstić information content (AvgIpc) is 3.40. The fourth-order valence-corrected chi connectivity index (χ4v) is 2.97. The predicted octanol–water partition coefficient (Wildman–Crippen LogP) is 1.29. The van der Waals surface area contributed by atoms with E-state index in [-0.39, 0.29) is 26.4 Å². The summed E-state index contributed by atoms with van der Waals surface area (Å²) in [4.78, 5) is 0. The molecule has 27 heavy (non-hydrogen) atoms. The molecular weight excluding hydrogens is 360 g/mol. The van der Waals surface area contributed by atoms with Crippen LogP contribution in [-0.2, 0) is 42.6 Å². The van der Waals surface area contributed by atoms with Gasteiger partial charge in [0, 0.05) is 0 Å². The first-order valence-corrected chi connectivity index (χ1v) is 8.49. The molecular formula is C18H22O9. The fourth-order valence-electron chi connectivity index (χ4n) is 2.97. The van der Waals surface area contributed by atoms with Crippen LogP contribution in [0.5, 0.6) is 0 Å². The summed E-state index contributed by atoms with van der Waals surface area (Å²) in [5.41, 5.74) is 0. The molecule has 4 heterocycles. The van der Waals surface area contributed by atoms with Crippen molar-refractivity contribution < 1.29 is 42.6 Å². The van der Waals surface area contributed by atoms with Crippen LogP contribution in [0.3, 0.4) is 0 Å². The second-order valence-corrected chi connectivity index (χ2v) is 6.41. The lowest BCUT2D eigenvalue weighted by molar-refractivity contribution is -0.290. The predicted molar refractivity (Wildman–Crippen MR) is 88.5 cm³/mol. The van der Waals surface area contributed by atoms with Gasteiger partial charge >= 0.3 is 0 Å². The average molecular weight is 382 g/mol. The third kappa shape index (κ3) is 3.97. The van der Waals surface area contributed by atoms with Crippen molar-refractivity contribution in [2.24, 2.45) is 0 Å². The SMILES string of the molecule is C=C1COC(C(OC(C2OCC(=C)O2)C2OCC(=C)O2)C2OCC(=C)O2)O1. The molecule has 0 spiro atoms. The molecule has 4 rings (SSSR count). The Morgan fingerprint density at radius 1 is 0.556 bits per heavy atom. The van der Waals surface area contributed by atoms with E-state index in [0.717, 1.165) is 0 Å². The van der Waals surface area contributed by atoms with Crippen LogP contribution in [0.1, 0.15) is 0 Å². The van der Waals surface area contributed by atoms with Gasteiger partial charge in [0.25, 0.3) is 0 Å². The molecule has 0 N–H and O–H groups in total. The number of hydrogen-bond acceptors (Lipinski definition) is 9. The standard InChI is InChI=1S/C18H22O9/c1-9-5-19-15(23-9)13(16-20-6-10(2)24-16)27-14(17-21-7-11(3)25-17)18-22-8-12(4)26-18/h13-18H,1-8H2. The van der Waals surface area contributed by atoms with E-state index >= 15 is 0 Å². The van der Waals surface area contributed by atoms with Crippen LogP contribution in [0, 0.1) is 0 Å². The van der Waals surface area contributed by atoms with E-state index in [4.69, 9.17) is 42.6 Å². The molecule has 4 atom stereocenters. The molecule has 0 bridgehead atoms. The summed E-state index contributed by atoms with van der Waals surface area (Å²) in [6, 6.07) is 0. The lowest BCUT2D eigenvalue weighted by Gasteiger charge is -2.33. The monoisotopic (exact) mass is 382 g/mol. The van der Waals surface area contributed by atoms with Gasteiger partial charge < -0.3 is 42.6 Å². The first-order valence-electron chi connectivity index (χ1n) is 8.49. The maximum Gasteiger partial charge on any atom is 0.232 e. The van der Waals surface area contributed by atoms with Crippen LogP contribution in [0.15, 0.2) is 49.4 Å².